The van der Waals surface area contributed by atoms with Crippen LogP contribution in [0.3, 0.4) is 0 Å². The van der Waals surface area contributed by atoms with E-state index in [0.29, 0.717) is 4.90 Å². The molecule has 0 aromatic heterocycles. The first-order chi connectivity index (χ1) is 6.56. The van der Waals surface area contributed by atoms with Crippen LogP contribution in [0.2, 0.25) is 0 Å². The Morgan fingerprint density at radius 3 is 2.64 bits per heavy atom. The number of nitrogens with zero attached hydrogens (tertiary/aromatic N) is 3. The molecule has 1 saturated heterocycles. The molecule has 14 heavy (non-hydrogen) atoms. The van der Waals surface area contributed by atoms with Crippen LogP contribution in [0.15, 0.2) is 5.11 Å². The van der Waals surface area contributed by atoms with Crippen molar-refractivity contribution in [3.8, 4) is 0 Å². The molecule has 8 heteroatoms. The van der Waals surface area contributed by atoms with Crippen LogP contribution in [0.1, 0.15) is 6.42 Å². The van der Waals surface area contributed by atoms with Crippen molar-refractivity contribution < 1.29 is 19.8 Å². The van der Waals surface area contributed by atoms with Gasteiger partial charge in [-0.2, -0.15) is 0 Å². The minimum atomic E-state index is -1.54. The van der Waals surface area contributed by atoms with E-state index < -0.39 is 24.1 Å². The maximum absolute atomic E-state index is 10.6. The molecule has 1 aliphatic heterocycles. The molecule has 8 nitrogen and oxygen atoms in total. The van der Waals surface area contributed by atoms with Crippen LogP contribution in [0.4, 0.5) is 4.79 Å². The van der Waals surface area contributed by atoms with Crippen LogP contribution in [0.25, 0.3) is 0 Å². The Morgan fingerprint density at radius 1 is 1.64 bits per heavy atom. The molecule has 0 spiro atoms. The number of carbonyl (C=O) groups is 2. The lowest BCUT2D eigenvalue weighted by Gasteiger charge is -2.22. The van der Waals surface area contributed by atoms with Crippen molar-refractivity contribution >= 4 is 12.1 Å². The third-order valence-electron chi connectivity index (χ3n) is 2.02. The third kappa shape index (κ3) is 1.86. The third-order valence-corrected chi connectivity index (χ3v) is 2.02. The smallest absolute Gasteiger partial charge is 0.326 e. The summed E-state index contributed by atoms with van der Waals surface area (Å²) in [4.78, 5) is 24.5. The summed E-state index contributed by atoms with van der Waals surface area (Å²) in [5, 5.41) is 22.5. The molecule has 1 aliphatic rings. The zero-order valence-electron chi connectivity index (χ0n) is 7.08. The topological polar surface area (TPSA) is 131 Å². The van der Waals surface area contributed by atoms with E-state index in [2.05, 4.69) is 10.0 Å². The second kappa shape index (κ2) is 3.84. The highest BCUT2D eigenvalue weighted by molar-refractivity contribution is 5.79. The normalized spacial score (nSPS) is 25.6. The Hall–Kier alpha value is -1.95. The minimum absolute atomic E-state index is 0.0334. The van der Waals surface area contributed by atoms with E-state index in [1.165, 1.54) is 0 Å². The van der Waals surface area contributed by atoms with Gasteiger partial charge in [0.05, 0.1) is 0 Å². The van der Waals surface area contributed by atoms with E-state index in [0.717, 1.165) is 0 Å². The molecule has 1 heterocycles. The molecule has 0 aromatic rings. The fourth-order valence-electron chi connectivity index (χ4n) is 1.41. The van der Waals surface area contributed by atoms with Gasteiger partial charge in [0.15, 0.2) is 6.04 Å². The Morgan fingerprint density at radius 2 is 2.29 bits per heavy atom. The van der Waals surface area contributed by atoms with Crippen LogP contribution in [-0.4, -0.2) is 40.7 Å². The molecule has 0 aromatic carbocycles. The van der Waals surface area contributed by atoms with Gasteiger partial charge in [-0.1, -0.05) is 0 Å². The summed E-state index contributed by atoms with van der Waals surface area (Å²) >= 11 is 0. The molecule has 76 valence electrons. The van der Waals surface area contributed by atoms with E-state index in [1.54, 1.807) is 0 Å². The van der Waals surface area contributed by atoms with Crippen molar-refractivity contribution in [3.63, 3.8) is 0 Å². The maximum Gasteiger partial charge on any atom is 0.326 e. The van der Waals surface area contributed by atoms with Crippen molar-refractivity contribution in [1.29, 1.82) is 5.53 Å². The zero-order chi connectivity index (χ0) is 10.7. The van der Waals surface area contributed by atoms with Gasteiger partial charge in [0.2, 0.25) is 4.91 Å². The molecule has 0 unspecified atom stereocenters. The van der Waals surface area contributed by atoms with Crippen molar-refractivity contribution in [2.45, 2.75) is 18.5 Å². The first-order valence-corrected chi connectivity index (χ1v) is 3.83. The van der Waals surface area contributed by atoms with Crippen molar-refractivity contribution in [3.05, 3.63) is 0 Å². The number of hydrogen-bond acceptors (Lipinski definition) is 5. The number of rotatable bonds is 2. The van der Waals surface area contributed by atoms with Gasteiger partial charge < -0.3 is 19.9 Å². The summed E-state index contributed by atoms with van der Waals surface area (Å²) in [6, 6.07) is -1.71. The van der Waals surface area contributed by atoms with Gasteiger partial charge in [0, 0.05) is 13.0 Å². The highest BCUT2D eigenvalue weighted by Crippen LogP contribution is 2.19. The predicted octanol–water partition coefficient (Wildman–Crippen LogP) is -1.59. The van der Waals surface area contributed by atoms with E-state index in [9.17, 15) is 14.7 Å². The van der Waals surface area contributed by atoms with E-state index >= 15 is 0 Å². The second-order valence-electron chi connectivity index (χ2n) is 2.88. The summed E-state index contributed by atoms with van der Waals surface area (Å²) in [5.41, 5.74) is 6.44. The lowest BCUT2D eigenvalue weighted by Crippen LogP contribution is -2.47. The second-order valence-corrected chi connectivity index (χ2v) is 2.88. The molecule has 0 bridgehead atoms. The number of likely N-dealkylation sites (tertiary alicyclic amines) is 1. The summed E-state index contributed by atoms with van der Waals surface area (Å²) in [6.07, 6.45) is -1.51. The largest absolute Gasteiger partial charge is 0.530 e. The Labute approximate surface area is 78.4 Å². The molecule has 0 radical (unpaired) electrons. The number of carbonyl (C=O) groups excluding carboxylic acids is 1. The standard InChI is InChI=1S/C6H8N4O4/c7-9-8-3-1-4(5(11)12)10(2-3)6(13)14/h3-4,7H,1-2H2,(H-,11,12,13,14)/t3-,4+/m0/s1. The SMILES string of the molecule is N=[N+]=N[C@H]1C[C@H](C(=O)O)N(C(=O)[O-])C1. The molecule has 2 N–H and O–H groups in total. The monoisotopic (exact) mass is 200 g/mol. The Kier molecular flexibility index (Phi) is 2.78. The molecule has 0 aliphatic carbocycles. The quantitative estimate of drug-likeness (QED) is 0.410. The van der Waals surface area contributed by atoms with Crippen LogP contribution in [0.5, 0.6) is 0 Å². The number of amides is 1. The van der Waals surface area contributed by atoms with E-state index in [-0.39, 0.29) is 13.0 Å². The van der Waals surface area contributed by atoms with Crippen molar-refractivity contribution in [1.82, 2.24) is 9.81 Å². The molecule has 1 fully saturated rings. The molecular weight excluding hydrogens is 192 g/mol. The highest BCUT2D eigenvalue weighted by Gasteiger charge is 2.39. The van der Waals surface area contributed by atoms with Crippen LogP contribution >= 0.6 is 0 Å². The fourth-order valence-corrected chi connectivity index (χ4v) is 1.41. The lowest BCUT2D eigenvalue weighted by atomic mass is 10.2. The summed E-state index contributed by atoms with van der Waals surface area (Å²) in [5.74, 6) is -1.24. The van der Waals surface area contributed by atoms with Gasteiger partial charge in [-0.25, -0.2) is 4.79 Å². The van der Waals surface area contributed by atoms with E-state index in [1.807, 2.05) is 0 Å². The van der Waals surface area contributed by atoms with Gasteiger partial charge >= 0.3 is 5.97 Å². The van der Waals surface area contributed by atoms with Gasteiger partial charge in [-0.3, -0.25) is 0 Å². The molecule has 0 saturated carbocycles. The number of nitrogens with one attached hydrogen (secondary N) is 1. The number of carboxylic acids is 1. The molecule has 2 atom stereocenters. The van der Waals surface area contributed by atoms with Crippen molar-refractivity contribution in [2.75, 3.05) is 6.54 Å². The van der Waals surface area contributed by atoms with Crippen LogP contribution in [-0.2, 0) is 4.79 Å². The highest BCUT2D eigenvalue weighted by atomic mass is 16.4. The van der Waals surface area contributed by atoms with Gasteiger partial charge in [-0.15, -0.1) is 0 Å². The Balaban J connectivity index is 2.79. The first kappa shape index (κ1) is 10.1. The lowest BCUT2D eigenvalue weighted by molar-refractivity contribution is -0.266. The average molecular weight is 200 g/mol. The molecular formula is C6H8N4O4. The van der Waals surface area contributed by atoms with Gasteiger partial charge in [0.1, 0.15) is 22.8 Å². The van der Waals surface area contributed by atoms with Crippen molar-refractivity contribution in [2.24, 2.45) is 5.11 Å². The number of aliphatic carboxylic acids is 1. The fraction of sp³-hybridized carbons (Fsp3) is 0.667. The van der Waals surface area contributed by atoms with Gasteiger partial charge in [-0.05, 0) is 0 Å². The number of hydrogen-bond donors (Lipinski definition) is 2. The number of carboxylic acid groups (broad SMARTS) is 2. The van der Waals surface area contributed by atoms with Gasteiger partial charge in [0.25, 0.3) is 0 Å². The minimum Gasteiger partial charge on any atom is -0.530 e. The first-order valence-electron chi connectivity index (χ1n) is 3.83. The summed E-state index contributed by atoms with van der Waals surface area (Å²) < 4.78 is 0. The average Bonchev–Trinajstić information content (AvgIpc) is 2.49. The molecule has 1 rings (SSSR count). The van der Waals surface area contributed by atoms with E-state index in [4.69, 9.17) is 10.6 Å². The summed E-state index contributed by atoms with van der Waals surface area (Å²) in [6.45, 7) is -0.0817. The maximum atomic E-state index is 10.6. The predicted molar refractivity (Wildman–Crippen MR) is 39.2 cm³/mol. The zero-order valence-corrected chi connectivity index (χ0v) is 7.08. The summed E-state index contributed by atoms with van der Waals surface area (Å²) in [7, 11) is 0. The van der Waals surface area contributed by atoms with Crippen LogP contribution < -0.4 is 10.0 Å². The van der Waals surface area contributed by atoms with Crippen LogP contribution in [0, 0.1) is 5.53 Å². The molecule has 1 amide bonds. The Bertz CT molecular complexity index is 289.